The van der Waals surface area contributed by atoms with E-state index < -0.39 is 11.6 Å². The van der Waals surface area contributed by atoms with Crippen LogP contribution < -0.4 is 10.6 Å². The van der Waals surface area contributed by atoms with Crippen LogP contribution in [0.1, 0.15) is 17.0 Å². The molecule has 0 aliphatic rings. The summed E-state index contributed by atoms with van der Waals surface area (Å²) in [7, 11) is 1.59. The predicted octanol–water partition coefficient (Wildman–Crippen LogP) is 3.02. The Morgan fingerprint density at radius 3 is 2.48 bits per heavy atom. The van der Waals surface area contributed by atoms with Crippen LogP contribution in [-0.4, -0.2) is 31.3 Å². The van der Waals surface area contributed by atoms with Gasteiger partial charge in [-0.15, -0.1) is 24.0 Å². The molecular weight excluding hydrogens is 439 g/mol. The molecule has 0 amide bonds. The second-order valence-corrected chi connectivity index (χ2v) is 5.33. The van der Waals surface area contributed by atoms with E-state index in [1.165, 1.54) is 0 Å². The Bertz CT molecular complexity index is 683. The van der Waals surface area contributed by atoms with E-state index in [4.69, 9.17) is 0 Å². The molecule has 0 aromatic heterocycles. The van der Waals surface area contributed by atoms with Crippen LogP contribution >= 0.6 is 24.0 Å². The van der Waals surface area contributed by atoms with Crippen LogP contribution in [0.2, 0.25) is 0 Å². The van der Waals surface area contributed by atoms with Crippen molar-refractivity contribution in [1.82, 2.24) is 10.6 Å². The summed E-state index contributed by atoms with van der Waals surface area (Å²) in [6.07, 6.45) is 0. The highest BCUT2D eigenvalue weighted by Gasteiger charge is 2.11. The summed E-state index contributed by atoms with van der Waals surface area (Å²) in [6, 6.07) is 13.0. The van der Waals surface area contributed by atoms with E-state index in [0.717, 1.165) is 23.8 Å². The molecule has 0 spiro atoms. The van der Waals surface area contributed by atoms with Crippen molar-refractivity contribution in [3.63, 3.8) is 0 Å². The zero-order chi connectivity index (χ0) is 17.4. The second kappa shape index (κ2) is 11.0. The van der Waals surface area contributed by atoms with Crippen LogP contribution in [0.25, 0.3) is 0 Å². The van der Waals surface area contributed by atoms with Gasteiger partial charge in [0.15, 0.2) is 5.96 Å². The molecule has 0 radical (unpaired) electrons. The molecule has 0 aliphatic heterocycles. The van der Waals surface area contributed by atoms with E-state index in [0.29, 0.717) is 12.5 Å². The number of hydrogen-bond donors (Lipinski definition) is 3. The first kappa shape index (κ1) is 21.3. The molecule has 136 valence electrons. The third-order valence-corrected chi connectivity index (χ3v) is 3.68. The van der Waals surface area contributed by atoms with Crippen LogP contribution in [0.4, 0.5) is 8.78 Å². The van der Waals surface area contributed by atoms with Crippen molar-refractivity contribution >= 4 is 29.9 Å². The minimum Gasteiger partial charge on any atom is -0.396 e. The van der Waals surface area contributed by atoms with E-state index in [-0.39, 0.29) is 48.6 Å². The van der Waals surface area contributed by atoms with E-state index in [2.05, 4.69) is 15.6 Å². The second-order valence-electron chi connectivity index (χ2n) is 5.33. The molecule has 2 rings (SSSR count). The summed E-state index contributed by atoms with van der Waals surface area (Å²) in [5, 5.41) is 15.6. The molecule has 7 heteroatoms. The third kappa shape index (κ3) is 6.58. The van der Waals surface area contributed by atoms with Crippen molar-refractivity contribution in [2.75, 3.05) is 20.2 Å². The van der Waals surface area contributed by atoms with Gasteiger partial charge in [0.25, 0.3) is 0 Å². The summed E-state index contributed by atoms with van der Waals surface area (Å²) in [5.74, 6) is -0.596. The van der Waals surface area contributed by atoms with E-state index in [9.17, 15) is 13.9 Å². The number of guanidine groups is 1. The lowest BCUT2D eigenvalue weighted by Crippen LogP contribution is -2.39. The first-order chi connectivity index (χ1) is 11.6. The van der Waals surface area contributed by atoms with Gasteiger partial charge in [-0.2, -0.15) is 0 Å². The molecule has 3 N–H and O–H groups in total. The maximum absolute atomic E-state index is 13.6. The van der Waals surface area contributed by atoms with Crippen molar-refractivity contribution in [3.05, 3.63) is 71.3 Å². The number of hydrogen-bond acceptors (Lipinski definition) is 2. The average Bonchev–Trinajstić information content (AvgIpc) is 2.61. The Morgan fingerprint density at radius 1 is 1.12 bits per heavy atom. The molecule has 0 saturated heterocycles. The fourth-order valence-corrected chi connectivity index (χ4v) is 2.31. The molecule has 1 atom stereocenters. The quantitative estimate of drug-likeness (QED) is 0.352. The number of rotatable bonds is 6. The van der Waals surface area contributed by atoms with Gasteiger partial charge in [-0.3, -0.25) is 4.99 Å². The lowest BCUT2D eigenvalue weighted by Gasteiger charge is -2.18. The van der Waals surface area contributed by atoms with Crippen molar-refractivity contribution < 1.29 is 13.9 Å². The highest BCUT2D eigenvalue weighted by atomic mass is 127. The van der Waals surface area contributed by atoms with Gasteiger partial charge in [0.1, 0.15) is 11.6 Å². The molecule has 0 aliphatic carbocycles. The van der Waals surface area contributed by atoms with Crippen molar-refractivity contribution in [1.29, 1.82) is 0 Å². The standard InChI is InChI=1S/C18H21F2N3O.HI/c1-21-18(22-10-14-9-16(19)7-8-17(14)20)23-11-15(12-24)13-5-3-2-4-6-13;/h2-9,15,24H,10-12H2,1H3,(H2,21,22,23);1H. The predicted molar refractivity (Wildman–Crippen MR) is 106 cm³/mol. The lowest BCUT2D eigenvalue weighted by molar-refractivity contribution is 0.265. The molecule has 2 aromatic rings. The number of aliphatic imine (C=N–C) groups is 1. The van der Waals surface area contributed by atoms with Crippen LogP contribution in [0.3, 0.4) is 0 Å². The Kier molecular flexibility index (Phi) is 9.36. The Hall–Kier alpha value is -1.74. The molecule has 25 heavy (non-hydrogen) atoms. The van der Waals surface area contributed by atoms with E-state index in [1.807, 2.05) is 30.3 Å². The normalized spacial score (nSPS) is 12.2. The highest BCUT2D eigenvalue weighted by Crippen LogP contribution is 2.13. The monoisotopic (exact) mass is 461 g/mol. The summed E-state index contributed by atoms with van der Waals surface area (Å²) in [4.78, 5) is 4.05. The zero-order valence-electron chi connectivity index (χ0n) is 13.9. The molecule has 1 unspecified atom stereocenters. The maximum Gasteiger partial charge on any atom is 0.191 e. The van der Waals surface area contributed by atoms with Crippen LogP contribution in [0, 0.1) is 11.6 Å². The first-order valence-corrected chi connectivity index (χ1v) is 7.68. The Balaban J connectivity index is 0.00000312. The minimum atomic E-state index is -0.486. The number of nitrogens with zero attached hydrogens (tertiary/aromatic N) is 1. The highest BCUT2D eigenvalue weighted by molar-refractivity contribution is 14.0. The van der Waals surface area contributed by atoms with Gasteiger partial charge in [-0.05, 0) is 23.8 Å². The number of nitrogens with one attached hydrogen (secondary N) is 2. The van der Waals surface area contributed by atoms with Gasteiger partial charge in [-0.25, -0.2) is 8.78 Å². The molecule has 4 nitrogen and oxygen atoms in total. The SMILES string of the molecule is CN=C(NCc1cc(F)ccc1F)NCC(CO)c1ccccc1.I. The minimum absolute atomic E-state index is 0. The number of aliphatic hydroxyl groups excluding tert-OH is 1. The first-order valence-electron chi connectivity index (χ1n) is 7.68. The van der Waals surface area contributed by atoms with Crippen LogP contribution in [0.5, 0.6) is 0 Å². The molecule has 0 saturated carbocycles. The van der Waals surface area contributed by atoms with Crippen molar-refractivity contribution in [2.45, 2.75) is 12.5 Å². The third-order valence-electron chi connectivity index (χ3n) is 3.68. The molecule has 0 bridgehead atoms. The van der Waals surface area contributed by atoms with Gasteiger partial charge in [-0.1, -0.05) is 30.3 Å². The smallest absolute Gasteiger partial charge is 0.191 e. The van der Waals surface area contributed by atoms with E-state index >= 15 is 0 Å². The van der Waals surface area contributed by atoms with Crippen molar-refractivity contribution in [3.8, 4) is 0 Å². The summed E-state index contributed by atoms with van der Waals surface area (Å²) < 4.78 is 26.8. The number of halogens is 3. The average molecular weight is 461 g/mol. The van der Waals surface area contributed by atoms with E-state index in [1.54, 1.807) is 7.05 Å². The van der Waals surface area contributed by atoms with Gasteiger partial charge in [0, 0.05) is 31.6 Å². The Morgan fingerprint density at radius 2 is 1.84 bits per heavy atom. The van der Waals surface area contributed by atoms with Crippen molar-refractivity contribution in [2.24, 2.45) is 4.99 Å². The van der Waals surface area contributed by atoms with Gasteiger partial charge in [0.05, 0.1) is 6.61 Å². The summed E-state index contributed by atoms with van der Waals surface area (Å²) >= 11 is 0. The maximum atomic E-state index is 13.6. The summed E-state index contributed by atoms with van der Waals surface area (Å²) in [6.45, 7) is 0.566. The number of benzene rings is 2. The van der Waals surface area contributed by atoms with Gasteiger partial charge in [0.2, 0.25) is 0 Å². The molecule has 0 heterocycles. The van der Waals surface area contributed by atoms with Crippen LogP contribution in [-0.2, 0) is 6.54 Å². The van der Waals surface area contributed by atoms with Gasteiger partial charge >= 0.3 is 0 Å². The summed E-state index contributed by atoms with van der Waals surface area (Å²) in [5.41, 5.74) is 1.24. The lowest BCUT2D eigenvalue weighted by atomic mass is 10.0. The fourth-order valence-electron chi connectivity index (χ4n) is 2.31. The van der Waals surface area contributed by atoms with Gasteiger partial charge < -0.3 is 15.7 Å². The largest absolute Gasteiger partial charge is 0.396 e. The fraction of sp³-hybridized carbons (Fsp3) is 0.278. The van der Waals surface area contributed by atoms with Crippen LogP contribution in [0.15, 0.2) is 53.5 Å². The molecular formula is C18H22F2IN3O. The Labute approximate surface area is 163 Å². The topological polar surface area (TPSA) is 56.7 Å². The zero-order valence-corrected chi connectivity index (χ0v) is 16.2. The molecule has 2 aromatic carbocycles. The molecule has 0 fully saturated rings. The number of aliphatic hydroxyl groups is 1.